The van der Waals surface area contributed by atoms with Gasteiger partial charge >= 0.3 is 0 Å². The topological polar surface area (TPSA) is 63.1 Å². The third-order valence-corrected chi connectivity index (χ3v) is 6.49. The van der Waals surface area contributed by atoms with Gasteiger partial charge in [0.1, 0.15) is 4.90 Å². The van der Waals surface area contributed by atoms with E-state index in [-0.39, 0.29) is 0 Å². The van der Waals surface area contributed by atoms with Crippen LogP contribution in [0, 0.1) is 12.8 Å². The molecule has 6 heteroatoms. The van der Waals surface area contributed by atoms with Gasteiger partial charge in [-0.15, -0.1) is 0 Å². The third kappa shape index (κ3) is 3.29. The quantitative estimate of drug-likeness (QED) is 0.880. The van der Waals surface area contributed by atoms with Gasteiger partial charge in [-0.2, -0.15) is 0 Å². The van der Waals surface area contributed by atoms with E-state index < -0.39 is 10.0 Å². The first-order valence-corrected chi connectivity index (χ1v) is 9.73. The van der Waals surface area contributed by atoms with Crippen molar-refractivity contribution >= 4 is 20.9 Å². The number of aryl methyl sites for hydroxylation is 1. The summed E-state index contributed by atoms with van der Waals surface area (Å²) < 4.78 is 30.3. The zero-order chi connectivity index (χ0) is 16.4. The van der Waals surface area contributed by atoms with E-state index in [1.54, 1.807) is 0 Å². The number of fused-ring (bicyclic) bond motifs is 1. The summed E-state index contributed by atoms with van der Waals surface area (Å²) in [4.78, 5) is 0.414. The molecule has 0 spiro atoms. The van der Waals surface area contributed by atoms with Gasteiger partial charge < -0.3 is 9.88 Å². The molecule has 1 atom stereocenters. The molecule has 1 fully saturated rings. The van der Waals surface area contributed by atoms with Crippen LogP contribution in [0.4, 0.5) is 0 Å². The Morgan fingerprint density at radius 2 is 2.13 bits per heavy atom. The molecule has 0 aliphatic carbocycles. The van der Waals surface area contributed by atoms with E-state index in [0.29, 0.717) is 17.4 Å². The molecule has 3 rings (SSSR count). The number of para-hydroxylation sites is 1. The molecule has 1 unspecified atom stereocenters. The molecular weight excluding hydrogens is 310 g/mol. The third-order valence-electron chi connectivity index (χ3n) is 4.85. The lowest BCUT2D eigenvalue weighted by Crippen LogP contribution is -2.33. The molecule has 1 aromatic carbocycles. The normalized spacial score (nSPS) is 19.3. The van der Waals surface area contributed by atoms with Crippen molar-refractivity contribution < 1.29 is 8.42 Å². The Morgan fingerprint density at radius 3 is 2.87 bits per heavy atom. The van der Waals surface area contributed by atoms with Crippen molar-refractivity contribution in [3.05, 3.63) is 30.0 Å². The number of sulfonamides is 1. The molecule has 0 radical (unpaired) electrons. The first kappa shape index (κ1) is 16.5. The van der Waals surface area contributed by atoms with Crippen LogP contribution in [-0.2, 0) is 17.1 Å². The van der Waals surface area contributed by atoms with E-state index in [1.807, 2.05) is 42.8 Å². The molecule has 2 heterocycles. The minimum atomic E-state index is -3.49. The highest BCUT2D eigenvalue weighted by molar-refractivity contribution is 7.89. The van der Waals surface area contributed by atoms with Gasteiger partial charge in [-0.3, -0.25) is 0 Å². The van der Waals surface area contributed by atoms with Crippen LogP contribution in [0.1, 0.15) is 25.0 Å². The Kier molecular flexibility index (Phi) is 4.75. The number of rotatable bonds is 5. The lowest BCUT2D eigenvalue weighted by molar-refractivity contribution is 0.358. The van der Waals surface area contributed by atoms with Crippen LogP contribution in [0.25, 0.3) is 10.9 Å². The Balaban J connectivity index is 1.78. The van der Waals surface area contributed by atoms with Gasteiger partial charge in [0.05, 0.1) is 0 Å². The van der Waals surface area contributed by atoms with Crippen LogP contribution in [-0.4, -0.2) is 32.6 Å². The fourth-order valence-corrected chi connectivity index (χ4v) is 4.98. The average molecular weight is 335 g/mol. The number of aromatic nitrogens is 1. The second kappa shape index (κ2) is 6.63. The zero-order valence-electron chi connectivity index (χ0n) is 13.8. The van der Waals surface area contributed by atoms with E-state index in [1.165, 1.54) is 12.8 Å². The molecule has 2 aromatic rings. The van der Waals surface area contributed by atoms with E-state index in [0.717, 1.165) is 36.1 Å². The second-order valence-corrected chi connectivity index (χ2v) is 8.09. The van der Waals surface area contributed by atoms with Crippen LogP contribution in [0.5, 0.6) is 0 Å². The van der Waals surface area contributed by atoms with Crippen LogP contribution in [0.3, 0.4) is 0 Å². The summed E-state index contributed by atoms with van der Waals surface area (Å²) in [6.07, 6.45) is 3.25. The second-order valence-electron chi connectivity index (χ2n) is 6.39. The zero-order valence-corrected chi connectivity index (χ0v) is 14.6. The molecular formula is C17H25N3O2S. The van der Waals surface area contributed by atoms with E-state index >= 15 is 0 Å². The lowest BCUT2D eigenvalue weighted by atomic mass is 9.96. The summed E-state index contributed by atoms with van der Waals surface area (Å²) in [5.74, 6) is 0.570. The highest BCUT2D eigenvalue weighted by Crippen LogP contribution is 2.28. The monoisotopic (exact) mass is 335 g/mol. The van der Waals surface area contributed by atoms with Gasteiger partial charge in [0, 0.05) is 30.2 Å². The van der Waals surface area contributed by atoms with Gasteiger partial charge in [0.2, 0.25) is 10.0 Å². The Morgan fingerprint density at radius 1 is 1.35 bits per heavy atom. The number of nitrogens with zero attached hydrogens (tertiary/aromatic N) is 1. The minimum Gasteiger partial charge on any atom is -0.347 e. The van der Waals surface area contributed by atoms with Gasteiger partial charge in [0.25, 0.3) is 0 Å². The number of piperidine rings is 1. The minimum absolute atomic E-state index is 0.414. The fourth-order valence-electron chi connectivity index (χ4n) is 3.47. The van der Waals surface area contributed by atoms with Crippen molar-refractivity contribution in [3.63, 3.8) is 0 Å². The van der Waals surface area contributed by atoms with E-state index in [9.17, 15) is 8.42 Å². The lowest BCUT2D eigenvalue weighted by Gasteiger charge is -2.22. The largest absolute Gasteiger partial charge is 0.347 e. The van der Waals surface area contributed by atoms with Crippen LogP contribution in [0.15, 0.2) is 29.2 Å². The van der Waals surface area contributed by atoms with Crippen molar-refractivity contribution in [1.29, 1.82) is 0 Å². The molecule has 23 heavy (non-hydrogen) atoms. The first-order chi connectivity index (χ1) is 11.0. The van der Waals surface area contributed by atoms with Crippen LogP contribution >= 0.6 is 0 Å². The molecule has 1 aliphatic rings. The van der Waals surface area contributed by atoms with Crippen molar-refractivity contribution in [2.24, 2.45) is 13.0 Å². The molecule has 0 saturated carbocycles. The molecule has 1 aromatic heterocycles. The summed E-state index contributed by atoms with van der Waals surface area (Å²) in [6.45, 7) is 4.43. The van der Waals surface area contributed by atoms with Crippen molar-refractivity contribution in [2.45, 2.75) is 31.1 Å². The fraction of sp³-hybridized carbons (Fsp3) is 0.529. The van der Waals surface area contributed by atoms with Gasteiger partial charge in [-0.05, 0) is 51.3 Å². The Labute approximate surface area is 138 Å². The first-order valence-electron chi connectivity index (χ1n) is 8.25. The molecule has 5 nitrogen and oxygen atoms in total. The van der Waals surface area contributed by atoms with Crippen molar-refractivity contribution in [2.75, 3.05) is 19.6 Å². The maximum atomic E-state index is 12.8. The average Bonchev–Trinajstić information content (AvgIpc) is 2.81. The Bertz CT molecular complexity index is 790. The highest BCUT2D eigenvalue weighted by atomic mass is 32.2. The number of benzene rings is 1. The van der Waals surface area contributed by atoms with Crippen molar-refractivity contribution in [1.82, 2.24) is 14.6 Å². The maximum absolute atomic E-state index is 12.8. The number of hydrogen-bond donors (Lipinski definition) is 2. The SMILES string of the molecule is Cc1c(S(=O)(=O)NCCC2CCCNC2)c2ccccc2n1C. The molecule has 1 saturated heterocycles. The molecule has 1 aliphatic heterocycles. The summed E-state index contributed by atoms with van der Waals surface area (Å²) >= 11 is 0. The predicted molar refractivity (Wildman–Crippen MR) is 93.1 cm³/mol. The van der Waals surface area contributed by atoms with Crippen LogP contribution in [0.2, 0.25) is 0 Å². The number of hydrogen-bond acceptors (Lipinski definition) is 3. The molecule has 2 N–H and O–H groups in total. The van der Waals surface area contributed by atoms with Crippen LogP contribution < -0.4 is 10.0 Å². The maximum Gasteiger partial charge on any atom is 0.242 e. The summed E-state index contributed by atoms with van der Waals surface area (Å²) in [6, 6.07) is 7.65. The van der Waals surface area contributed by atoms with Gasteiger partial charge in [-0.1, -0.05) is 18.2 Å². The molecule has 0 amide bonds. The summed E-state index contributed by atoms with van der Waals surface area (Å²) in [5.41, 5.74) is 1.72. The predicted octanol–water partition coefficient (Wildman–Crippen LogP) is 2.15. The Hall–Kier alpha value is -1.37. The highest BCUT2D eigenvalue weighted by Gasteiger charge is 2.24. The molecule has 126 valence electrons. The summed E-state index contributed by atoms with van der Waals surface area (Å²) in [7, 11) is -1.58. The van der Waals surface area contributed by atoms with Crippen molar-refractivity contribution in [3.8, 4) is 0 Å². The smallest absolute Gasteiger partial charge is 0.242 e. The van der Waals surface area contributed by atoms with Gasteiger partial charge in [-0.25, -0.2) is 13.1 Å². The van der Waals surface area contributed by atoms with E-state index in [2.05, 4.69) is 10.0 Å². The van der Waals surface area contributed by atoms with Gasteiger partial charge in [0.15, 0.2) is 0 Å². The number of nitrogens with one attached hydrogen (secondary N) is 2. The standard InChI is InChI=1S/C17H25N3O2S/c1-13-17(15-7-3-4-8-16(15)20(13)2)23(21,22)19-11-9-14-6-5-10-18-12-14/h3-4,7-8,14,18-19H,5-6,9-12H2,1-2H3. The molecule has 0 bridgehead atoms. The van der Waals surface area contributed by atoms with E-state index in [4.69, 9.17) is 0 Å². The summed E-state index contributed by atoms with van der Waals surface area (Å²) in [5, 5.41) is 4.16.